The molecule has 1 aromatic heterocycles. The van der Waals surface area contributed by atoms with Crippen molar-refractivity contribution in [2.24, 2.45) is 5.73 Å². The number of aromatic nitrogens is 2. The zero-order chi connectivity index (χ0) is 10.5. The molecule has 0 saturated carbocycles. The van der Waals surface area contributed by atoms with Crippen LogP contribution in [0.3, 0.4) is 0 Å². The summed E-state index contributed by atoms with van der Waals surface area (Å²) in [4.78, 5) is 0. The van der Waals surface area contributed by atoms with E-state index >= 15 is 0 Å². The molecule has 0 aliphatic rings. The number of benzene rings is 1. The van der Waals surface area contributed by atoms with E-state index in [1.807, 2.05) is 47.3 Å². The molecular formula is C12H13N3. The lowest BCUT2D eigenvalue weighted by molar-refractivity contribution is 0.880. The monoisotopic (exact) mass is 199 g/mol. The van der Waals surface area contributed by atoms with Crippen molar-refractivity contribution in [1.82, 2.24) is 9.78 Å². The van der Waals surface area contributed by atoms with Gasteiger partial charge in [-0.2, -0.15) is 5.10 Å². The highest BCUT2D eigenvalue weighted by atomic mass is 15.3. The van der Waals surface area contributed by atoms with Gasteiger partial charge >= 0.3 is 0 Å². The van der Waals surface area contributed by atoms with Crippen molar-refractivity contribution in [3.05, 3.63) is 54.4 Å². The highest BCUT2D eigenvalue weighted by molar-refractivity contribution is 5.53. The molecule has 0 fully saturated rings. The highest BCUT2D eigenvalue weighted by Crippen LogP contribution is 2.10. The van der Waals surface area contributed by atoms with Gasteiger partial charge in [-0.25, -0.2) is 4.68 Å². The fraction of sp³-hybridized carbons (Fsp3) is 0.0833. The normalized spacial score (nSPS) is 11.0. The zero-order valence-electron chi connectivity index (χ0n) is 8.38. The van der Waals surface area contributed by atoms with Crippen LogP contribution < -0.4 is 5.73 Å². The van der Waals surface area contributed by atoms with Crippen molar-refractivity contribution >= 4 is 6.08 Å². The number of hydrogen-bond donors (Lipinski definition) is 1. The van der Waals surface area contributed by atoms with Gasteiger partial charge in [0.15, 0.2) is 0 Å². The average molecular weight is 199 g/mol. The molecule has 1 heterocycles. The van der Waals surface area contributed by atoms with Gasteiger partial charge in [-0.1, -0.05) is 24.3 Å². The molecule has 0 aliphatic carbocycles. The summed E-state index contributed by atoms with van der Waals surface area (Å²) in [5.41, 5.74) is 7.59. The van der Waals surface area contributed by atoms with Gasteiger partial charge in [0.25, 0.3) is 0 Å². The first-order chi connectivity index (χ1) is 7.40. The Balaban J connectivity index is 2.31. The first-order valence-electron chi connectivity index (χ1n) is 4.87. The maximum atomic E-state index is 5.40. The maximum absolute atomic E-state index is 5.40. The molecule has 3 nitrogen and oxygen atoms in total. The van der Waals surface area contributed by atoms with Gasteiger partial charge in [0.05, 0.1) is 5.69 Å². The van der Waals surface area contributed by atoms with Crippen molar-refractivity contribution in [2.45, 2.75) is 0 Å². The molecule has 2 N–H and O–H groups in total. The van der Waals surface area contributed by atoms with E-state index in [-0.39, 0.29) is 0 Å². The summed E-state index contributed by atoms with van der Waals surface area (Å²) in [5.74, 6) is 0. The largest absolute Gasteiger partial charge is 0.327 e. The van der Waals surface area contributed by atoms with Gasteiger partial charge in [0, 0.05) is 18.9 Å². The molecule has 0 spiro atoms. The summed E-state index contributed by atoms with van der Waals surface area (Å²) in [6, 6.07) is 10.0. The molecule has 1 aromatic carbocycles. The first-order valence-corrected chi connectivity index (χ1v) is 4.87. The number of nitrogens with two attached hydrogens (primary N) is 1. The van der Waals surface area contributed by atoms with Crippen molar-refractivity contribution in [3.63, 3.8) is 0 Å². The van der Waals surface area contributed by atoms with Gasteiger partial charge in [-0.05, 0) is 23.8 Å². The standard InChI is InChI=1S/C12H13N3/c13-7-2-5-11-4-1-6-12(10-11)15-9-3-8-14-15/h1-6,8-10H,7,13H2/b5-2+. The SMILES string of the molecule is NC/C=C/c1cccc(-n2cccn2)c1. The number of hydrogen-bond acceptors (Lipinski definition) is 2. The summed E-state index contributed by atoms with van der Waals surface area (Å²) >= 11 is 0. The quantitative estimate of drug-likeness (QED) is 0.819. The van der Waals surface area contributed by atoms with Gasteiger partial charge in [0.1, 0.15) is 0 Å². The van der Waals surface area contributed by atoms with E-state index in [0.717, 1.165) is 11.3 Å². The summed E-state index contributed by atoms with van der Waals surface area (Å²) in [6.45, 7) is 0.562. The Morgan fingerprint density at radius 3 is 3.00 bits per heavy atom. The Morgan fingerprint density at radius 2 is 2.27 bits per heavy atom. The molecule has 0 unspecified atom stereocenters. The van der Waals surface area contributed by atoms with Crippen LogP contribution in [0.5, 0.6) is 0 Å². The number of rotatable bonds is 3. The molecule has 3 heteroatoms. The van der Waals surface area contributed by atoms with Crippen LogP contribution in [0.4, 0.5) is 0 Å². The van der Waals surface area contributed by atoms with Crippen LogP contribution in [-0.2, 0) is 0 Å². The Labute approximate surface area is 88.8 Å². The molecule has 2 aromatic rings. The molecule has 15 heavy (non-hydrogen) atoms. The zero-order valence-corrected chi connectivity index (χ0v) is 8.38. The lowest BCUT2D eigenvalue weighted by atomic mass is 10.2. The predicted octanol–water partition coefficient (Wildman–Crippen LogP) is 1.84. The molecule has 0 bridgehead atoms. The molecule has 0 radical (unpaired) electrons. The van der Waals surface area contributed by atoms with Crippen LogP contribution in [0, 0.1) is 0 Å². The Morgan fingerprint density at radius 1 is 1.33 bits per heavy atom. The van der Waals surface area contributed by atoms with Crippen LogP contribution in [0.15, 0.2) is 48.8 Å². The number of nitrogens with zero attached hydrogens (tertiary/aromatic N) is 2. The Kier molecular flexibility index (Phi) is 2.95. The highest BCUT2D eigenvalue weighted by Gasteiger charge is 1.95. The molecule has 0 amide bonds. The third-order valence-electron chi connectivity index (χ3n) is 2.09. The van der Waals surface area contributed by atoms with E-state index < -0.39 is 0 Å². The second kappa shape index (κ2) is 4.57. The van der Waals surface area contributed by atoms with Gasteiger partial charge in [0.2, 0.25) is 0 Å². The smallest absolute Gasteiger partial charge is 0.0651 e. The predicted molar refractivity (Wildman–Crippen MR) is 61.7 cm³/mol. The van der Waals surface area contributed by atoms with E-state index in [0.29, 0.717) is 6.54 Å². The van der Waals surface area contributed by atoms with Gasteiger partial charge < -0.3 is 5.73 Å². The van der Waals surface area contributed by atoms with Gasteiger partial charge in [-0.3, -0.25) is 0 Å². The van der Waals surface area contributed by atoms with Crippen LogP contribution >= 0.6 is 0 Å². The van der Waals surface area contributed by atoms with E-state index in [2.05, 4.69) is 11.2 Å². The van der Waals surface area contributed by atoms with Crippen molar-refractivity contribution in [2.75, 3.05) is 6.54 Å². The summed E-state index contributed by atoms with van der Waals surface area (Å²) in [6.07, 6.45) is 7.63. The minimum Gasteiger partial charge on any atom is -0.327 e. The molecule has 0 saturated heterocycles. The van der Waals surface area contributed by atoms with Crippen molar-refractivity contribution in [3.8, 4) is 5.69 Å². The summed E-state index contributed by atoms with van der Waals surface area (Å²) < 4.78 is 1.83. The van der Waals surface area contributed by atoms with Crippen LogP contribution in [0.2, 0.25) is 0 Å². The third-order valence-corrected chi connectivity index (χ3v) is 2.09. The molecule has 0 aliphatic heterocycles. The third kappa shape index (κ3) is 2.33. The second-order valence-electron chi connectivity index (χ2n) is 3.18. The topological polar surface area (TPSA) is 43.8 Å². The minimum absolute atomic E-state index is 0.562. The Bertz CT molecular complexity index is 444. The molecular weight excluding hydrogens is 186 g/mol. The summed E-state index contributed by atoms with van der Waals surface area (Å²) in [5, 5.41) is 4.18. The minimum atomic E-state index is 0.562. The van der Waals surface area contributed by atoms with Crippen LogP contribution in [-0.4, -0.2) is 16.3 Å². The maximum Gasteiger partial charge on any atom is 0.0651 e. The molecule has 76 valence electrons. The van der Waals surface area contributed by atoms with E-state index in [4.69, 9.17) is 5.73 Å². The van der Waals surface area contributed by atoms with Crippen LogP contribution in [0.25, 0.3) is 11.8 Å². The van der Waals surface area contributed by atoms with Crippen molar-refractivity contribution < 1.29 is 0 Å². The van der Waals surface area contributed by atoms with E-state index in [1.54, 1.807) is 6.20 Å². The van der Waals surface area contributed by atoms with Crippen LogP contribution in [0.1, 0.15) is 5.56 Å². The average Bonchev–Trinajstić information content (AvgIpc) is 2.80. The fourth-order valence-electron chi connectivity index (χ4n) is 1.40. The lowest BCUT2D eigenvalue weighted by Gasteiger charge is -2.01. The van der Waals surface area contributed by atoms with E-state index in [9.17, 15) is 0 Å². The van der Waals surface area contributed by atoms with Crippen molar-refractivity contribution in [1.29, 1.82) is 0 Å². The Hall–Kier alpha value is -1.87. The fourth-order valence-corrected chi connectivity index (χ4v) is 1.40. The first kappa shape index (κ1) is 9.68. The second-order valence-corrected chi connectivity index (χ2v) is 3.18. The van der Waals surface area contributed by atoms with Gasteiger partial charge in [-0.15, -0.1) is 0 Å². The summed E-state index contributed by atoms with van der Waals surface area (Å²) in [7, 11) is 0. The molecule has 2 rings (SSSR count). The molecule has 0 atom stereocenters. The van der Waals surface area contributed by atoms with E-state index in [1.165, 1.54) is 0 Å². The lowest BCUT2D eigenvalue weighted by Crippen LogP contribution is -1.94.